The first kappa shape index (κ1) is 13.1. The average molecular weight is 177 g/mol. The van der Waals surface area contributed by atoms with Crippen molar-refractivity contribution >= 4 is 22.8 Å². The van der Waals surface area contributed by atoms with Crippen molar-refractivity contribution in [1.29, 1.82) is 0 Å². The molecule has 0 unspecified atom stereocenters. The van der Waals surface area contributed by atoms with Crippen LogP contribution in [0.3, 0.4) is 0 Å². The van der Waals surface area contributed by atoms with Gasteiger partial charge in [-0.1, -0.05) is 13.8 Å². The van der Waals surface area contributed by atoms with Crippen molar-refractivity contribution in [3.8, 4) is 0 Å². The van der Waals surface area contributed by atoms with Gasteiger partial charge in [-0.25, -0.2) is 4.79 Å². The molecule has 0 rings (SSSR count). The summed E-state index contributed by atoms with van der Waals surface area (Å²) in [4.78, 5) is 14.3. The second-order valence-corrected chi connectivity index (χ2v) is 2.02. The Bertz CT molecular complexity index is 134. The number of methoxy groups -OCH3 is 1. The van der Waals surface area contributed by atoms with Gasteiger partial charge in [0.25, 0.3) is 0 Å². The predicted octanol–water partition coefficient (Wildman–Crippen LogP) is 1.58. The fourth-order valence-corrected chi connectivity index (χ4v) is 0.786. The van der Waals surface area contributed by atoms with E-state index in [1.54, 1.807) is 13.3 Å². The van der Waals surface area contributed by atoms with Gasteiger partial charge in [-0.15, -0.1) is 11.8 Å². The van der Waals surface area contributed by atoms with Gasteiger partial charge < -0.3 is 4.74 Å². The summed E-state index contributed by atoms with van der Waals surface area (Å²) in [7, 11) is 2.90. The van der Waals surface area contributed by atoms with Crippen molar-refractivity contribution < 1.29 is 9.53 Å². The highest BCUT2D eigenvalue weighted by Crippen LogP contribution is 1.98. The van der Waals surface area contributed by atoms with Crippen molar-refractivity contribution in [2.24, 2.45) is 4.99 Å². The van der Waals surface area contributed by atoms with E-state index in [4.69, 9.17) is 0 Å². The number of ether oxygens (including phenoxy) is 1. The average Bonchev–Trinajstić information content (AvgIpc) is 2.10. The maximum Gasteiger partial charge on any atom is 0.362 e. The molecular formula is C7H15NO2S. The summed E-state index contributed by atoms with van der Waals surface area (Å²) < 4.78 is 4.40. The number of thioether (sulfide) groups is 1. The zero-order valence-corrected chi connectivity index (χ0v) is 8.49. The lowest BCUT2D eigenvalue weighted by Gasteiger charge is -1.96. The molecule has 0 spiro atoms. The maximum absolute atomic E-state index is 10.6. The molecule has 4 heteroatoms. The van der Waals surface area contributed by atoms with Gasteiger partial charge >= 0.3 is 5.97 Å². The van der Waals surface area contributed by atoms with Gasteiger partial charge in [0.05, 0.1) is 7.11 Å². The highest BCUT2D eigenvalue weighted by atomic mass is 32.2. The van der Waals surface area contributed by atoms with Crippen molar-refractivity contribution in [3.63, 3.8) is 0 Å². The van der Waals surface area contributed by atoms with Crippen molar-refractivity contribution in [2.45, 2.75) is 13.8 Å². The Morgan fingerprint density at radius 3 is 2.00 bits per heavy atom. The Morgan fingerprint density at radius 2 is 1.91 bits per heavy atom. The van der Waals surface area contributed by atoms with Crippen LogP contribution in [0.25, 0.3) is 0 Å². The fraction of sp³-hybridized carbons (Fsp3) is 0.714. The third-order valence-corrected chi connectivity index (χ3v) is 1.49. The van der Waals surface area contributed by atoms with Gasteiger partial charge in [0.1, 0.15) is 0 Å². The number of carbonyl (C=O) groups excluding carboxylic acids is 1. The Hall–Kier alpha value is -0.510. The first-order valence-electron chi connectivity index (χ1n) is 3.35. The Morgan fingerprint density at radius 1 is 1.45 bits per heavy atom. The van der Waals surface area contributed by atoms with E-state index < -0.39 is 0 Å². The van der Waals surface area contributed by atoms with Crippen LogP contribution in [-0.2, 0) is 9.53 Å². The molecule has 0 bridgehead atoms. The molecule has 11 heavy (non-hydrogen) atoms. The van der Waals surface area contributed by atoms with Crippen LogP contribution in [0, 0.1) is 0 Å². The van der Waals surface area contributed by atoms with Gasteiger partial charge in [0.2, 0.25) is 0 Å². The second kappa shape index (κ2) is 9.49. The summed E-state index contributed by atoms with van der Waals surface area (Å²) in [6.07, 6.45) is 1.78. The molecule has 0 heterocycles. The van der Waals surface area contributed by atoms with E-state index in [9.17, 15) is 4.79 Å². The highest BCUT2D eigenvalue weighted by molar-refractivity contribution is 8.15. The van der Waals surface area contributed by atoms with Gasteiger partial charge in [-0.2, -0.15) is 0 Å². The van der Waals surface area contributed by atoms with E-state index in [1.807, 2.05) is 13.8 Å². The van der Waals surface area contributed by atoms with Crippen molar-refractivity contribution in [3.05, 3.63) is 0 Å². The lowest BCUT2D eigenvalue weighted by Crippen LogP contribution is -2.11. The van der Waals surface area contributed by atoms with Gasteiger partial charge in [-0.05, 0) is 6.26 Å². The number of esters is 1. The Kier molecular flexibility index (Phi) is 11.3. The van der Waals surface area contributed by atoms with Crippen LogP contribution >= 0.6 is 11.8 Å². The van der Waals surface area contributed by atoms with Crippen molar-refractivity contribution in [1.82, 2.24) is 0 Å². The largest absolute Gasteiger partial charge is 0.464 e. The quantitative estimate of drug-likeness (QED) is 0.320. The van der Waals surface area contributed by atoms with E-state index in [0.29, 0.717) is 5.04 Å². The van der Waals surface area contributed by atoms with Crippen LogP contribution in [0.2, 0.25) is 0 Å². The number of hydrogen-bond donors (Lipinski definition) is 0. The molecular weight excluding hydrogens is 162 g/mol. The normalized spacial score (nSPS) is 9.73. The topological polar surface area (TPSA) is 38.7 Å². The van der Waals surface area contributed by atoms with Crippen LogP contribution in [0.15, 0.2) is 4.99 Å². The minimum absolute atomic E-state index is 0.370. The van der Waals surface area contributed by atoms with Gasteiger partial charge in [0, 0.05) is 7.05 Å². The minimum atomic E-state index is -0.370. The molecule has 0 aromatic heterocycles. The van der Waals surface area contributed by atoms with Crippen molar-refractivity contribution in [2.75, 3.05) is 20.4 Å². The molecule has 3 nitrogen and oxygen atoms in total. The fourth-order valence-electron chi connectivity index (χ4n) is 0.353. The summed E-state index contributed by atoms with van der Waals surface area (Å²) >= 11 is 1.28. The number of rotatable bonds is 0. The van der Waals surface area contributed by atoms with E-state index in [-0.39, 0.29) is 5.97 Å². The number of carbonyl (C=O) groups is 1. The summed E-state index contributed by atoms with van der Waals surface area (Å²) in [5.41, 5.74) is 0. The third kappa shape index (κ3) is 5.91. The molecule has 0 saturated carbocycles. The van der Waals surface area contributed by atoms with Crippen LogP contribution in [0.5, 0.6) is 0 Å². The second-order valence-electron chi connectivity index (χ2n) is 1.22. The van der Waals surface area contributed by atoms with Crippen LogP contribution < -0.4 is 0 Å². The number of hydrogen-bond acceptors (Lipinski definition) is 4. The van der Waals surface area contributed by atoms with Gasteiger partial charge in [-0.3, -0.25) is 4.99 Å². The zero-order chi connectivity index (χ0) is 9.28. The lowest BCUT2D eigenvalue weighted by atomic mass is 10.7. The molecule has 0 N–H and O–H groups in total. The molecule has 0 fully saturated rings. The monoisotopic (exact) mass is 177 g/mol. The summed E-state index contributed by atoms with van der Waals surface area (Å²) in [6, 6.07) is 0. The van der Waals surface area contributed by atoms with Gasteiger partial charge in [0.15, 0.2) is 5.04 Å². The molecule has 0 aromatic carbocycles. The standard InChI is InChI=1S/C5H9NO2S.C2H6/c1-6-4(9-3)5(7)8-2;1-2/h1-3H3;1-2H3. The Balaban J connectivity index is 0. The molecule has 0 saturated heterocycles. The first-order valence-corrected chi connectivity index (χ1v) is 4.57. The minimum Gasteiger partial charge on any atom is -0.464 e. The van der Waals surface area contributed by atoms with E-state index in [1.165, 1.54) is 18.9 Å². The lowest BCUT2D eigenvalue weighted by molar-refractivity contribution is -0.132. The predicted molar refractivity (Wildman–Crippen MR) is 50.2 cm³/mol. The molecule has 0 aliphatic carbocycles. The van der Waals surface area contributed by atoms with E-state index in [2.05, 4.69) is 9.73 Å². The first-order chi connectivity index (χ1) is 5.26. The van der Waals surface area contributed by atoms with E-state index >= 15 is 0 Å². The molecule has 0 aromatic rings. The number of nitrogens with zero attached hydrogens (tertiary/aromatic N) is 1. The summed E-state index contributed by atoms with van der Waals surface area (Å²) in [5.74, 6) is -0.370. The maximum atomic E-state index is 10.6. The van der Waals surface area contributed by atoms with Crippen LogP contribution in [0.4, 0.5) is 0 Å². The molecule has 0 aliphatic heterocycles. The SMILES string of the molecule is CC.CN=C(SC)C(=O)OC. The third-order valence-electron chi connectivity index (χ3n) is 0.756. The smallest absolute Gasteiger partial charge is 0.362 e. The molecule has 0 radical (unpaired) electrons. The summed E-state index contributed by atoms with van der Waals surface area (Å²) in [5, 5.41) is 0.400. The highest BCUT2D eigenvalue weighted by Gasteiger charge is 2.06. The van der Waals surface area contributed by atoms with E-state index in [0.717, 1.165) is 0 Å². The molecule has 0 amide bonds. The molecule has 0 aliphatic rings. The summed E-state index contributed by atoms with van der Waals surface area (Å²) in [6.45, 7) is 4.00. The number of aliphatic imine (C=N–C) groups is 1. The van der Waals surface area contributed by atoms with Crippen LogP contribution in [0.1, 0.15) is 13.8 Å². The zero-order valence-electron chi connectivity index (χ0n) is 7.67. The Labute approximate surface area is 72.2 Å². The van der Waals surface area contributed by atoms with Crippen LogP contribution in [-0.4, -0.2) is 31.4 Å². The molecule has 0 atom stereocenters. The molecule has 66 valence electrons.